The molecule has 0 aromatic carbocycles. The molecule has 0 aliphatic carbocycles. The first kappa shape index (κ1) is 19.3. The summed E-state index contributed by atoms with van der Waals surface area (Å²) >= 11 is 0. The summed E-state index contributed by atoms with van der Waals surface area (Å²) in [5, 5.41) is 3.34. The van der Waals surface area contributed by atoms with E-state index in [1.54, 1.807) is 6.26 Å². The Morgan fingerprint density at radius 3 is 2.84 bits per heavy atom. The van der Waals surface area contributed by atoms with E-state index in [-0.39, 0.29) is 23.8 Å². The Balaban J connectivity index is 2.11. The standard InChI is InChI=1S/C18H30N4O3/c1-6-19-18(22-11-13(2)14(12-22)17(23)24-5)20-10-15(21(3)4)16-8-7-9-25-16/h7-9,13-15H,6,10-12H2,1-5H3,(H,19,20). The van der Waals surface area contributed by atoms with Gasteiger partial charge in [-0.1, -0.05) is 6.92 Å². The summed E-state index contributed by atoms with van der Waals surface area (Å²) in [5.74, 6) is 1.72. The molecule has 2 rings (SSSR count). The van der Waals surface area contributed by atoms with E-state index in [0.29, 0.717) is 13.1 Å². The highest BCUT2D eigenvalue weighted by Crippen LogP contribution is 2.25. The van der Waals surface area contributed by atoms with Crippen LogP contribution in [0.4, 0.5) is 0 Å². The Morgan fingerprint density at radius 2 is 2.28 bits per heavy atom. The number of carbonyl (C=O) groups excluding carboxylic acids is 1. The number of hydrogen-bond donors (Lipinski definition) is 1. The van der Waals surface area contributed by atoms with Gasteiger partial charge >= 0.3 is 5.97 Å². The van der Waals surface area contributed by atoms with Crippen LogP contribution in [0.2, 0.25) is 0 Å². The van der Waals surface area contributed by atoms with Gasteiger partial charge in [0.05, 0.1) is 31.9 Å². The van der Waals surface area contributed by atoms with Gasteiger partial charge in [-0.15, -0.1) is 0 Å². The van der Waals surface area contributed by atoms with Crippen molar-refractivity contribution in [2.75, 3.05) is 47.4 Å². The van der Waals surface area contributed by atoms with Crippen LogP contribution < -0.4 is 5.32 Å². The monoisotopic (exact) mass is 350 g/mol. The largest absolute Gasteiger partial charge is 0.469 e. The number of aliphatic imine (C=N–C) groups is 1. The number of furan rings is 1. The molecule has 0 saturated carbocycles. The Hall–Kier alpha value is -2.02. The lowest BCUT2D eigenvalue weighted by Crippen LogP contribution is -2.41. The fraction of sp³-hybridized carbons (Fsp3) is 0.667. The minimum absolute atomic E-state index is 0.0695. The zero-order valence-electron chi connectivity index (χ0n) is 15.9. The smallest absolute Gasteiger partial charge is 0.310 e. The van der Waals surface area contributed by atoms with Crippen LogP contribution in [0.25, 0.3) is 0 Å². The molecule has 0 amide bonds. The zero-order chi connectivity index (χ0) is 18.4. The van der Waals surface area contributed by atoms with Gasteiger partial charge in [0, 0.05) is 19.6 Å². The van der Waals surface area contributed by atoms with Crippen molar-refractivity contribution in [2.24, 2.45) is 16.8 Å². The van der Waals surface area contributed by atoms with Gasteiger partial charge in [0.25, 0.3) is 0 Å². The molecule has 7 nitrogen and oxygen atoms in total. The van der Waals surface area contributed by atoms with Crippen molar-refractivity contribution in [1.29, 1.82) is 0 Å². The Labute approximate surface area is 150 Å². The molecular weight excluding hydrogens is 320 g/mol. The third-order valence-corrected chi connectivity index (χ3v) is 4.66. The Morgan fingerprint density at radius 1 is 1.52 bits per heavy atom. The second-order valence-corrected chi connectivity index (χ2v) is 6.70. The van der Waals surface area contributed by atoms with Gasteiger partial charge in [0.1, 0.15) is 5.76 Å². The van der Waals surface area contributed by atoms with Crippen molar-refractivity contribution in [2.45, 2.75) is 19.9 Å². The molecule has 0 spiro atoms. The number of likely N-dealkylation sites (tertiary alicyclic amines) is 1. The van der Waals surface area contributed by atoms with E-state index in [4.69, 9.17) is 14.1 Å². The highest BCUT2D eigenvalue weighted by molar-refractivity contribution is 5.82. The lowest BCUT2D eigenvalue weighted by molar-refractivity contribution is -0.145. The first-order chi connectivity index (χ1) is 12.0. The van der Waals surface area contributed by atoms with E-state index < -0.39 is 0 Å². The molecule has 1 fully saturated rings. The van der Waals surface area contributed by atoms with Crippen LogP contribution in [0.3, 0.4) is 0 Å². The van der Waals surface area contributed by atoms with E-state index in [1.165, 1.54) is 7.11 Å². The first-order valence-electron chi connectivity index (χ1n) is 8.78. The number of ether oxygens (including phenoxy) is 1. The van der Waals surface area contributed by atoms with Crippen molar-refractivity contribution >= 4 is 11.9 Å². The summed E-state index contributed by atoms with van der Waals surface area (Å²) in [6, 6.07) is 3.93. The number of likely N-dealkylation sites (N-methyl/N-ethyl adjacent to an activating group) is 1. The number of carbonyl (C=O) groups is 1. The molecule has 1 aromatic heterocycles. The fourth-order valence-electron chi connectivity index (χ4n) is 3.19. The molecule has 3 unspecified atom stereocenters. The summed E-state index contributed by atoms with van der Waals surface area (Å²) in [4.78, 5) is 21.0. The molecule has 140 valence electrons. The van der Waals surface area contributed by atoms with Gasteiger partial charge in [0.2, 0.25) is 0 Å². The highest BCUT2D eigenvalue weighted by atomic mass is 16.5. The minimum atomic E-state index is -0.146. The average molecular weight is 350 g/mol. The highest BCUT2D eigenvalue weighted by Gasteiger charge is 2.37. The van der Waals surface area contributed by atoms with E-state index in [1.807, 2.05) is 33.2 Å². The van der Waals surface area contributed by atoms with Gasteiger partial charge in [-0.05, 0) is 39.1 Å². The summed E-state index contributed by atoms with van der Waals surface area (Å²) in [6.07, 6.45) is 1.68. The second kappa shape index (κ2) is 8.89. The number of nitrogens with zero attached hydrogens (tertiary/aromatic N) is 3. The van der Waals surface area contributed by atoms with Gasteiger partial charge < -0.3 is 19.4 Å². The van der Waals surface area contributed by atoms with Crippen molar-refractivity contribution in [3.05, 3.63) is 24.2 Å². The lowest BCUT2D eigenvalue weighted by Gasteiger charge is -2.24. The quantitative estimate of drug-likeness (QED) is 0.477. The van der Waals surface area contributed by atoms with Crippen LogP contribution in [-0.4, -0.2) is 69.1 Å². The molecule has 0 radical (unpaired) electrons. The SMILES string of the molecule is CCNC(=NCC(c1ccco1)N(C)C)N1CC(C)C(C(=O)OC)C1. The molecule has 1 aliphatic heterocycles. The van der Waals surface area contributed by atoms with Crippen LogP contribution in [0.1, 0.15) is 25.6 Å². The average Bonchev–Trinajstić information content (AvgIpc) is 3.23. The van der Waals surface area contributed by atoms with E-state index in [9.17, 15) is 4.79 Å². The van der Waals surface area contributed by atoms with Crippen LogP contribution >= 0.6 is 0 Å². The summed E-state index contributed by atoms with van der Waals surface area (Å²) in [7, 11) is 5.48. The van der Waals surface area contributed by atoms with Gasteiger partial charge in [-0.3, -0.25) is 14.7 Å². The molecule has 1 aliphatic rings. The maximum atomic E-state index is 11.9. The number of rotatable bonds is 6. The molecule has 1 aromatic rings. The molecule has 1 N–H and O–H groups in total. The van der Waals surface area contributed by atoms with Crippen LogP contribution in [0.5, 0.6) is 0 Å². The normalized spacial score (nSPS) is 22.3. The third kappa shape index (κ3) is 4.75. The molecule has 1 saturated heterocycles. The van der Waals surface area contributed by atoms with Crippen molar-refractivity contribution in [1.82, 2.24) is 15.1 Å². The fourth-order valence-corrected chi connectivity index (χ4v) is 3.19. The van der Waals surface area contributed by atoms with Crippen molar-refractivity contribution in [3.63, 3.8) is 0 Å². The second-order valence-electron chi connectivity index (χ2n) is 6.70. The van der Waals surface area contributed by atoms with E-state index in [2.05, 4.69) is 22.0 Å². The van der Waals surface area contributed by atoms with E-state index >= 15 is 0 Å². The molecule has 7 heteroatoms. The summed E-state index contributed by atoms with van der Waals surface area (Å²) < 4.78 is 10.5. The zero-order valence-corrected chi connectivity index (χ0v) is 15.9. The Kier molecular flexibility index (Phi) is 6.87. The predicted octanol–water partition coefficient (Wildman–Crippen LogP) is 1.59. The number of methoxy groups -OCH3 is 1. The van der Waals surface area contributed by atoms with E-state index in [0.717, 1.165) is 24.8 Å². The van der Waals surface area contributed by atoms with Crippen molar-refractivity contribution in [3.8, 4) is 0 Å². The lowest BCUT2D eigenvalue weighted by atomic mass is 9.99. The van der Waals surface area contributed by atoms with Crippen molar-refractivity contribution < 1.29 is 13.9 Å². The molecule has 3 atom stereocenters. The first-order valence-corrected chi connectivity index (χ1v) is 8.78. The number of hydrogen-bond acceptors (Lipinski definition) is 5. The summed E-state index contributed by atoms with van der Waals surface area (Å²) in [5.41, 5.74) is 0. The molecule has 2 heterocycles. The topological polar surface area (TPSA) is 70.3 Å². The number of nitrogens with one attached hydrogen (secondary N) is 1. The number of guanidine groups is 1. The molecular formula is C18H30N4O3. The molecule has 25 heavy (non-hydrogen) atoms. The number of esters is 1. The van der Waals surface area contributed by atoms with Crippen LogP contribution in [0.15, 0.2) is 27.8 Å². The van der Waals surface area contributed by atoms with Gasteiger partial charge in [0.15, 0.2) is 5.96 Å². The van der Waals surface area contributed by atoms with Gasteiger partial charge in [-0.25, -0.2) is 0 Å². The summed E-state index contributed by atoms with van der Waals surface area (Å²) in [6.45, 7) is 6.90. The third-order valence-electron chi connectivity index (χ3n) is 4.66. The van der Waals surface area contributed by atoms with Crippen LogP contribution in [-0.2, 0) is 9.53 Å². The maximum absolute atomic E-state index is 11.9. The predicted molar refractivity (Wildman–Crippen MR) is 97.4 cm³/mol. The minimum Gasteiger partial charge on any atom is -0.469 e. The van der Waals surface area contributed by atoms with Crippen LogP contribution in [0, 0.1) is 11.8 Å². The maximum Gasteiger partial charge on any atom is 0.310 e. The Bertz CT molecular complexity index is 571. The van der Waals surface area contributed by atoms with Gasteiger partial charge in [-0.2, -0.15) is 0 Å². The molecule has 0 bridgehead atoms.